The van der Waals surface area contributed by atoms with Crippen LogP contribution in [0.25, 0.3) is 0 Å². The molecule has 0 radical (unpaired) electrons. The van der Waals surface area contributed by atoms with Crippen LogP contribution in [0.1, 0.15) is 36.2 Å². The summed E-state index contributed by atoms with van der Waals surface area (Å²) in [5.41, 5.74) is 6.32. The molecular formula is C17H25N2O5P. The van der Waals surface area contributed by atoms with Crippen LogP contribution < -0.4 is 11.1 Å². The van der Waals surface area contributed by atoms with E-state index in [0.29, 0.717) is 5.56 Å². The lowest BCUT2D eigenvalue weighted by atomic mass is 10.1. The zero-order chi connectivity index (χ0) is 18.9. The number of amides is 2. The molecule has 1 aromatic rings. The second-order valence-corrected chi connectivity index (χ2v) is 7.31. The zero-order valence-corrected chi connectivity index (χ0v) is 15.5. The summed E-state index contributed by atoms with van der Waals surface area (Å²) in [5, 5.41) is 2.55. The Morgan fingerprint density at radius 2 is 1.80 bits per heavy atom. The molecule has 0 unspecified atom stereocenters. The lowest BCUT2D eigenvalue weighted by Gasteiger charge is -2.17. The molecule has 0 heterocycles. The fourth-order valence-corrected chi connectivity index (χ4v) is 3.86. The second kappa shape index (κ2) is 10.1. The summed E-state index contributed by atoms with van der Waals surface area (Å²) in [4.78, 5) is 23.5. The maximum atomic E-state index is 12.5. The first-order chi connectivity index (χ1) is 11.8. The van der Waals surface area contributed by atoms with E-state index in [4.69, 9.17) is 14.8 Å². The molecule has 2 amide bonds. The van der Waals surface area contributed by atoms with Crippen molar-refractivity contribution in [2.75, 3.05) is 13.2 Å². The van der Waals surface area contributed by atoms with E-state index in [2.05, 4.69) is 11.9 Å². The minimum Gasteiger partial charge on any atom is -0.368 e. The van der Waals surface area contributed by atoms with Gasteiger partial charge in [0.15, 0.2) is 0 Å². The van der Waals surface area contributed by atoms with Gasteiger partial charge < -0.3 is 20.1 Å². The van der Waals surface area contributed by atoms with Gasteiger partial charge in [-0.3, -0.25) is 14.2 Å². The Hall–Kier alpha value is -1.95. The summed E-state index contributed by atoms with van der Waals surface area (Å²) in [6.45, 7) is 7.60. The van der Waals surface area contributed by atoms with Crippen LogP contribution in [-0.4, -0.2) is 31.1 Å². The fourth-order valence-electron chi connectivity index (χ4n) is 2.16. The number of nitrogens with one attached hydrogen (secondary N) is 1. The number of hydrogen-bond acceptors (Lipinski definition) is 5. The lowest BCUT2D eigenvalue weighted by Crippen LogP contribution is -2.44. The molecule has 0 bridgehead atoms. The summed E-state index contributed by atoms with van der Waals surface area (Å²) in [5.74, 6) is -1.05. The smallest absolute Gasteiger partial charge is 0.335 e. The maximum absolute atomic E-state index is 12.5. The van der Waals surface area contributed by atoms with Gasteiger partial charge in [0.1, 0.15) is 6.04 Å². The van der Waals surface area contributed by atoms with Crippen LogP contribution in [0.2, 0.25) is 0 Å². The van der Waals surface area contributed by atoms with Crippen LogP contribution in [0.3, 0.4) is 0 Å². The van der Waals surface area contributed by atoms with E-state index in [0.717, 1.165) is 5.56 Å². The number of carbonyl (C=O) groups excluding carboxylic acids is 2. The van der Waals surface area contributed by atoms with E-state index in [1.165, 1.54) is 6.08 Å². The largest absolute Gasteiger partial charge is 0.368 e. The molecule has 0 aliphatic rings. The Morgan fingerprint density at radius 1 is 1.24 bits per heavy atom. The first kappa shape index (κ1) is 21.1. The monoisotopic (exact) mass is 368 g/mol. The quantitative estimate of drug-likeness (QED) is 0.461. The van der Waals surface area contributed by atoms with E-state index < -0.39 is 25.5 Å². The van der Waals surface area contributed by atoms with Crippen molar-refractivity contribution >= 4 is 19.4 Å². The highest BCUT2D eigenvalue weighted by Crippen LogP contribution is 2.51. The number of nitrogens with two attached hydrogens (primary N) is 1. The van der Waals surface area contributed by atoms with Crippen molar-refractivity contribution in [3.63, 3.8) is 0 Å². The first-order valence-electron chi connectivity index (χ1n) is 8.03. The van der Waals surface area contributed by atoms with Gasteiger partial charge in [0.2, 0.25) is 5.91 Å². The van der Waals surface area contributed by atoms with Gasteiger partial charge in [-0.25, -0.2) is 0 Å². The Morgan fingerprint density at radius 3 is 2.24 bits per heavy atom. The van der Waals surface area contributed by atoms with Crippen molar-refractivity contribution in [1.29, 1.82) is 0 Å². The van der Waals surface area contributed by atoms with Crippen LogP contribution in [0.4, 0.5) is 0 Å². The van der Waals surface area contributed by atoms with Crippen LogP contribution >= 0.6 is 7.60 Å². The molecule has 1 atom stereocenters. The van der Waals surface area contributed by atoms with E-state index >= 15 is 0 Å². The van der Waals surface area contributed by atoms with E-state index in [1.807, 2.05) is 0 Å². The number of carbonyl (C=O) groups is 2. The molecule has 8 heteroatoms. The summed E-state index contributed by atoms with van der Waals surface area (Å²) in [6, 6.07) is 5.71. The van der Waals surface area contributed by atoms with Gasteiger partial charge in [-0.1, -0.05) is 18.2 Å². The van der Waals surface area contributed by atoms with E-state index in [-0.39, 0.29) is 25.8 Å². The minimum atomic E-state index is -3.20. The molecule has 0 fully saturated rings. The number of benzene rings is 1. The van der Waals surface area contributed by atoms with Crippen molar-refractivity contribution in [1.82, 2.24) is 5.32 Å². The zero-order valence-electron chi connectivity index (χ0n) is 14.6. The molecule has 1 aromatic carbocycles. The summed E-state index contributed by atoms with van der Waals surface area (Å²) in [6.07, 6.45) is 1.89. The van der Waals surface area contributed by atoms with Crippen molar-refractivity contribution in [2.24, 2.45) is 5.73 Å². The molecule has 0 saturated carbocycles. The summed E-state index contributed by atoms with van der Waals surface area (Å²) >= 11 is 0. The molecule has 0 aliphatic heterocycles. The molecule has 3 N–H and O–H groups in total. The molecule has 0 aromatic heterocycles. The summed E-state index contributed by atoms with van der Waals surface area (Å²) < 4.78 is 23.0. The van der Waals surface area contributed by atoms with Crippen molar-refractivity contribution in [3.8, 4) is 0 Å². The molecular weight excluding hydrogens is 343 g/mol. The number of rotatable bonds is 11. The molecule has 25 heavy (non-hydrogen) atoms. The second-order valence-electron chi connectivity index (χ2n) is 5.25. The van der Waals surface area contributed by atoms with Crippen LogP contribution in [0.15, 0.2) is 36.9 Å². The molecule has 0 aliphatic carbocycles. The van der Waals surface area contributed by atoms with Crippen LogP contribution in [0.5, 0.6) is 0 Å². The van der Waals surface area contributed by atoms with Gasteiger partial charge >= 0.3 is 7.60 Å². The molecule has 0 saturated heterocycles. The third kappa shape index (κ3) is 6.82. The van der Waals surface area contributed by atoms with Crippen LogP contribution in [-0.2, 0) is 24.6 Å². The maximum Gasteiger partial charge on any atom is 0.335 e. The van der Waals surface area contributed by atoms with E-state index in [9.17, 15) is 14.2 Å². The molecule has 138 valence electrons. The normalized spacial score (nSPS) is 12.4. The van der Waals surface area contributed by atoms with Crippen molar-refractivity contribution in [2.45, 2.75) is 32.5 Å². The van der Waals surface area contributed by atoms with Gasteiger partial charge in [-0.2, -0.15) is 0 Å². The highest BCUT2D eigenvalue weighted by Gasteiger charge is 2.24. The lowest BCUT2D eigenvalue weighted by molar-refractivity contribution is -0.119. The average Bonchev–Trinajstić information content (AvgIpc) is 2.55. The predicted octanol–water partition coefficient (Wildman–Crippen LogP) is 2.61. The molecule has 7 nitrogen and oxygen atoms in total. The third-order valence-electron chi connectivity index (χ3n) is 3.30. The van der Waals surface area contributed by atoms with Gasteiger partial charge in [0.25, 0.3) is 5.91 Å². The predicted molar refractivity (Wildman–Crippen MR) is 96.3 cm³/mol. The Kier molecular flexibility index (Phi) is 8.55. The SMILES string of the molecule is C=CC[C@H](NC(=O)c1ccc(CP(=O)(OCC)OCC)cc1)C(N)=O. The minimum absolute atomic E-state index is 0.122. The fraction of sp³-hybridized carbons (Fsp3) is 0.412. The van der Waals surface area contributed by atoms with Gasteiger partial charge in [-0.15, -0.1) is 6.58 Å². The molecule has 1 rings (SSSR count). The highest BCUT2D eigenvalue weighted by atomic mass is 31.2. The Balaban J connectivity index is 2.81. The van der Waals surface area contributed by atoms with E-state index in [1.54, 1.807) is 38.1 Å². The Bertz CT molecular complexity index is 635. The Labute approximate surface area is 148 Å². The van der Waals surface area contributed by atoms with Gasteiger partial charge in [0, 0.05) is 5.56 Å². The molecule has 0 spiro atoms. The topological polar surface area (TPSA) is 108 Å². The van der Waals surface area contributed by atoms with Crippen LogP contribution in [0, 0.1) is 0 Å². The van der Waals surface area contributed by atoms with Crippen molar-refractivity contribution < 1.29 is 23.2 Å². The van der Waals surface area contributed by atoms with Gasteiger partial charge in [-0.05, 0) is 38.0 Å². The average molecular weight is 368 g/mol. The number of hydrogen-bond donors (Lipinski definition) is 2. The van der Waals surface area contributed by atoms with Crippen molar-refractivity contribution in [3.05, 3.63) is 48.0 Å². The standard InChI is InChI=1S/C17H25N2O5P/c1-4-7-15(16(18)20)19-17(21)14-10-8-13(9-11-14)12-25(22,23-5-2)24-6-3/h4,8-11,15H,1,5-7,12H2,2-3H3,(H2,18,20)(H,19,21)/t15-/m0/s1. The number of primary amides is 1. The first-order valence-corrected chi connectivity index (χ1v) is 9.76. The highest BCUT2D eigenvalue weighted by molar-refractivity contribution is 7.53. The summed E-state index contributed by atoms with van der Waals surface area (Å²) in [7, 11) is -3.20. The third-order valence-corrected chi connectivity index (χ3v) is 5.35. The van der Waals surface area contributed by atoms with Gasteiger partial charge in [0.05, 0.1) is 19.4 Å².